The van der Waals surface area contributed by atoms with Crippen molar-refractivity contribution in [2.24, 2.45) is 32.5 Å². The van der Waals surface area contributed by atoms with Crippen LogP contribution in [0.5, 0.6) is 0 Å². The molecule has 1 radical (unpaired) electrons. The Bertz CT molecular complexity index is 801. The van der Waals surface area contributed by atoms with E-state index >= 15 is 0 Å². The monoisotopic (exact) mass is 701 g/mol. The van der Waals surface area contributed by atoms with Crippen molar-refractivity contribution in [2.75, 3.05) is 0 Å². The van der Waals surface area contributed by atoms with Gasteiger partial charge in [-0.15, -0.1) is 17.3 Å². The van der Waals surface area contributed by atoms with Crippen LogP contribution in [-0.4, -0.2) is 17.3 Å². The SMILES string of the molecule is CC(C)(C)C(=O)C=C([O-])C(C)(C)C.CC(C)(C)C(=O)C=C([O-])C(C)(C)C.CC(C)(C)C(=O)C=C([O-])C(C)(C)C.[Sm+3]. The molecule has 0 amide bonds. The van der Waals surface area contributed by atoms with Crippen LogP contribution in [0.2, 0.25) is 0 Å². The maximum atomic E-state index is 11.4. The molecule has 7 heteroatoms. The van der Waals surface area contributed by atoms with E-state index in [0.717, 1.165) is 0 Å². The second-order valence-electron chi connectivity index (χ2n) is 16.1. The molecule has 0 aliphatic heterocycles. The van der Waals surface area contributed by atoms with Gasteiger partial charge in [0.15, 0.2) is 17.3 Å². The fraction of sp³-hybridized carbons (Fsp3) is 0.727. The third kappa shape index (κ3) is 21.7. The molecule has 0 N–H and O–H groups in total. The molecule has 0 unspecified atom stereocenters. The molecular weight excluding hydrogens is 643 g/mol. The molecule has 0 saturated carbocycles. The van der Waals surface area contributed by atoms with E-state index in [4.69, 9.17) is 0 Å². The van der Waals surface area contributed by atoms with Crippen LogP contribution < -0.4 is 15.3 Å². The molecule has 0 aromatic rings. The van der Waals surface area contributed by atoms with E-state index in [2.05, 4.69) is 0 Å². The van der Waals surface area contributed by atoms with Crippen molar-refractivity contribution in [3.05, 3.63) is 35.5 Å². The van der Waals surface area contributed by atoms with Crippen molar-refractivity contribution >= 4 is 17.3 Å². The van der Waals surface area contributed by atoms with Crippen molar-refractivity contribution in [1.29, 1.82) is 0 Å². The van der Waals surface area contributed by atoms with Crippen LogP contribution in [0.1, 0.15) is 125 Å². The Labute approximate surface area is 278 Å². The second kappa shape index (κ2) is 16.6. The first-order valence-electron chi connectivity index (χ1n) is 13.5. The third-order valence-corrected chi connectivity index (χ3v) is 5.22. The largest absolute Gasteiger partial charge is 3.00 e. The minimum atomic E-state index is -0.457. The summed E-state index contributed by atoms with van der Waals surface area (Å²) in [6.07, 6.45) is 3.67. The van der Waals surface area contributed by atoms with Crippen molar-refractivity contribution in [1.82, 2.24) is 0 Å². The van der Waals surface area contributed by atoms with E-state index in [1.165, 1.54) is 18.2 Å². The van der Waals surface area contributed by atoms with Gasteiger partial charge < -0.3 is 15.3 Å². The Hall–Kier alpha value is -1.03. The molecule has 0 bridgehead atoms. The maximum absolute atomic E-state index is 11.4. The van der Waals surface area contributed by atoms with Gasteiger partial charge in [0.05, 0.1) is 0 Å². The molecule has 0 spiro atoms. The quantitative estimate of drug-likeness (QED) is 0.276. The summed E-state index contributed by atoms with van der Waals surface area (Å²) >= 11 is 0. The molecule has 0 fully saturated rings. The number of ketones is 3. The normalized spacial score (nSPS) is 14.1. The average molecular weight is 700 g/mol. The van der Waals surface area contributed by atoms with E-state index in [9.17, 15) is 29.7 Å². The summed E-state index contributed by atoms with van der Waals surface area (Å²) in [6, 6.07) is 0. The summed E-state index contributed by atoms with van der Waals surface area (Å²) in [7, 11) is 0. The van der Waals surface area contributed by atoms with Gasteiger partial charge in [-0.2, -0.15) is 0 Å². The van der Waals surface area contributed by atoms with Crippen LogP contribution in [0.3, 0.4) is 0 Å². The fourth-order valence-electron chi connectivity index (χ4n) is 1.66. The standard InChI is InChI=1S/3C11H20O2.Sm/c3*1-10(2,3)8(12)7-9(13)11(4,5)6;/h3*7,12H,1-6H3;/q;;;+3/p-3. The van der Waals surface area contributed by atoms with Crippen molar-refractivity contribution in [3.8, 4) is 0 Å². The molecule has 231 valence electrons. The number of carbonyl (C=O) groups excluding carboxylic acids is 3. The Morgan fingerprint density at radius 1 is 0.350 bits per heavy atom. The molecule has 0 aromatic carbocycles. The minimum absolute atomic E-state index is 0. The molecule has 0 rings (SSSR count). The number of rotatable bonds is 3. The van der Waals surface area contributed by atoms with Crippen molar-refractivity contribution in [3.63, 3.8) is 0 Å². The van der Waals surface area contributed by atoms with E-state index in [1.54, 1.807) is 0 Å². The van der Waals surface area contributed by atoms with Gasteiger partial charge in [0.2, 0.25) is 0 Å². The smallest absolute Gasteiger partial charge is 0.875 e. The van der Waals surface area contributed by atoms with Gasteiger partial charge in [-0.3, -0.25) is 14.4 Å². The summed E-state index contributed by atoms with van der Waals surface area (Å²) in [5.41, 5.74) is -2.74. The Balaban J connectivity index is -0.000000240. The van der Waals surface area contributed by atoms with E-state index in [-0.39, 0.29) is 75.0 Å². The summed E-state index contributed by atoms with van der Waals surface area (Å²) in [4.78, 5) is 34.3. The first kappa shape index (κ1) is 45.9. The van der Waals surface area contributed by atoms with Gasteiger partial charge in [0.25, 0.3) is 0 Å². The molecule has 40 heavy (non-hydrogen) atoms. The van der Waals surface area contributed by atoms with Crippen LogP contribution in [-0.2, 0) is 14.4 Å². The van der Waals surface area contributed by atoms with Gasteiger partial charge >= 0.3 is 40.4 Å². The predicted octanol–water partition coefficient (Wildman–Crippen LogP) is 5.68. The second-order valence-corrected chi connectivity index (χ2v) is 16.1. The van der Waals surface area contributed by atoms with Gasteiger partial charge in [-0.1, -0.05) is 125 Å². The summed E-state index contributed by atoms with van der Waals surface area (Å²) in [5.74, 6) is -0.625. The molecule has 0 aromatic heterocycles. The topological polar surface area (TPSA) is 120 Å². The van der Waals surface area contributed by atoms with Gasteiger partial charge in [0, 0.05) is 16.2 Å². The predicted molar refractivity (Wildman–Crippen MR) is 156 cm³/mol. The first-order valence-corrected chi connectivity index (χ1v) is 13.5. The van der Waals surface area contributed by atoms with Crippen LogP contribution in [0.4, 0.5) is 0 Å². The first-order chi connectivity index (χ1) is 16.6. The van der Waals surface area contributed by atoms with Gasteiger partial charge in [-0.25, -0.2) is 0 Å². The molecule has 6 nitrogen and oxygen atoms in total. The zero-order chi connectivity index (χ0) is 32.6. The van der Waals surface area contributed by atoms with Crippen LogP contribution in [0.25, 0.3) is 0 Å². The molecule has 0 aliphatic rings. The average Bonchev–Trinajstić information content (AvgIpc) is 2.64. The summed E-state index contributed by atoms with van der Waals surface area (Å²) in [5, 5.41) is 34.3. The van der Waals surface area contributed by atoms with Crippen LogP contribution in [0, 0.1) is 72.9 Å². The molecule has 0 saturated heterocycles. The van der Waals surface area contributed by atoms with E-state index in [1.807, 2.05) is 125 Å². The molecule has 0 heterocycles. The number of allylic oxidation sites excluding steroid dienone is 6. The van der Waals surface area contributed by atoms with Crippen molar-refractivity contribution in [2.45, 2.75) is 125 Å². The van der Waals surface area contributed by atoms with Crippen LogP contribution >= 0.6 is 0 Å². The molecule has 0 atom stereocenters. The zero-order valence-corrected chi connectivity index (χ0v) is 31.2. The van der Waals surface area contributed by atoms with Crippen LogP contribution in [0.15, 0.2) is 35.5 Å². The minimum Gasteiger partial charge on any atom is -0.875 e. The maximum Gasteiger partial charge on any atom is 3.00 e. The van der Waals surface area contributed by atoms with E-state index in [0.29, 0.717) is 0 Å². The van der Waals surface area contributed by atoms with Gasteiger partial charge in [-0.05, 0) is 34.5 Å². The Morgan fingerprint density at radius 2 is 0.475 bits per heavy atom. The summed E-state index contributed by atoms with van der Waals surface area (Å²) in [6.45, 7) is 32.5. The summed E-state index contributed by atoms with van der Waals surface area (Å²) < 4.78 is 0. The third-order valence-electron chi connectivity index (χ3n) is 5.22. The molecule has 0 aliphatic carbocycles. The van der Waals surface area contributed by atoms with Gasteiger partial charge in [0.1, 0.15) is 0 Å². The number of carbonyl (C=O) groups is 3. The number of hydrogen-bond donors (Lipinski definition) is 0. The molecular formula is C33H57O6Sm. The fourth-order valence-corrected chi connectivity index (χ4v) is 1.66. The Morgan fingerprint density at radius 3 is 0.550 bits per heavy atom. The Kier molecular flexibility index (Phi) is 19.0. The van der Waals surface area contributed by atoms with E-state index < -0.39 is 32.5 Å². The number of hydrogen-bond acceptors (Lipinski definition) is 6. The zero-order valence-electron chi connectivity index (χ0n) is 28.6. The van der Waals surface area contributed by atoms with Crippen molar-refractivity contribution < 1.29 is 70.1 Å².